The fraction of sp³-hybridized carbons (Fsp3) is 0.0588. The molecular formula is C17H14O4. The summed E-state index contributed by atoms with van der Waals surface area (Å²) in [6.07, 6.45) is 1.03. The van der Waals surface area contributed by atoms with Gasteiger partial charge in [0.25, 0.3) is 0 Å². The predicted molar refractivity (Wildman–Crippen MR) is 78.8 cm³/mol. The first-order valence-corrected chi connectivity index (χ1v) is 6.37. The Morgan fingerprint density at radius 1 is 0.952 bits per heavy atom. The summed E-state index contributed by atoms with van der Waals surface area (Å²) in [5.74, 6) is -1.56. The fourth-order valence-electron chi connectivity index (χ4n) is 1.96. The van der Waals surface area contributed by atoms with Crippen molar-refractivity contribution in [2.24, 2.45) is 0 Å². The zero-order valence-corrected chi connectivity index (χ0v) is 11.1. The molecule has 0 bridgehead atoms. The van der Waals surface area contributed by atoms with Gasteiger partial charge in [0, 0.05) is 11.6 Å². The van der Waals surface area contributed by atoms with Gasteiger partial charge in [0.2, 0.25) is 0 Å². The van der Waals surface area contributed by atoms with E-state index in [-0.39, 0.29) is 5.56 Å². The third kappa shape index (κ3) is 3.64. The second-order valence-corrected chi connectivity index (χ2v) is 4.44. The first-order valence-electron chi connectivity index (χ1n) is 6.37. The van der Waals surface area contributed by atoms with Gasteiger partial charge < -0.3 is 10.2 Å². The van der Waals surface area contributed by atoms with Crippen molar-refractivity contribution in [3.05, 3.63) is 77.4 Å². The topological polar surface area (TPSA) is 74.6 Å². The molecule has 0 aliphatic heterocycles. The fourth-order valence-corrected chi connectivity index (χ4v) is 1.96. The minimum absolute atomic E-state index is 0.284. The molecule has 106 valence electrons. The molecule has 2 N–H and O–H groups in total. The lowest BCUT2D eigenvalue weighted by molar-refractivity contribution is -0.131. The monoisotopic (exact) mass is 282 g/mol. The minimum atomic E-state index is -1.27. The van der Waals surface area contributed by atoms with E-state index in [4.69, 9.17) is 5.11 Å². The van der Waals surface area contributed by atoms with Crippen molar-refractivity contribution < 1.29 is 19.8 Å². The molecule has 2 aromatic carbocycles. The average molecular weight is 282 g/mol. The number of aliphatic hydroxyl groups is 1. The van der Waals surface area contributed by atoms with E-state index >= 15 is 0 Å². The Labute approximate surface area is 122 Å². The summed E-state index contributed by atoms with van der Waals surface area (Å²) in [6, 6.07) is 15.2. The van der Waals surface area contributed by atoms with Gasteiger partial charge in [-0.25, -0.2) is 4.79 Å². The highest BCUT2D eigenvalue weighted by molar-refractivity contribution is 6.03. The highest BCUT2D eigenvalue weighted by Crippen LogP contribution is 2.21. The predicted octanol–water partition coefficient (Wildman–Crippen LogP) is 2.70. The average Bonchev–Trinajstić information content (AvgIpc) is 2.52. The number of Topliss-reactive ketones (excluding diaryl/α,β-unsaturated/α-hetero) is 1. The molecule has 2 rings (SSSR count). The van der Waals surface area contributed by atoms with Gasteiger partial charge in [-0.1, -0.05) is 54.6 Å². The van der Waals surface area contributed by atoms with Crippen molar-refractivity contribution in [2.75, 3.05) is 0 Å². The summed E-state index contributed by atoms with van der Waals surface area (Å²) in [5, 5.41) is 18.8. The zero-order valence-electron chi connectivity index (χ0n) is 11.1. The van der Waals surface area contributed by atoms with Crippen LogP contribution in [0, 0.1) is 0 Å². The van der Waals surface area contributed by atoms with Crippen LogP contribution in [-0.2, 0) is 4.79 Å². The van der Waals surface area contributed by atoms with Gasteiger partial charge in [0.05, 0.1) is 0 Å². The smallest absolute Gasteiger partial charge is 0.328 e. The van der Waals surface area contributed by atoms with Crippen molar-refractivity contribution in [1.82, 2.24) is 0 Å². The van der Waals surface area contributed by atoms with Crippen LogP contribution in [0.4, 0.5) is 0 Å². The third-order valence-corrected chi connectivity index (χ3v) is 3.00. The van der Waals surface area contributed by atoms with Crippen LogP contribution in [0.5, 0.6) is 0 Å². The quantitative estimate of drug-likeness (QED) is 0.653. The van der Waals surface area contributed by atoms with E-state index < -0.39 is 17.9 Å². The van der Waals surface area contributed by atoms with E-state index in [2.05, 4.69) is 0 Å². The first-order chi connectivity index (χ1) is 10.1. The molecular weight excluding hydrogens is 268 g/mol. The normalized spacial score (nSPS) is 12.2. The van der Waals surface area contributed by atoms with Gasteiger partial charge in [-0.05, 0) is 17.2 Å². The molecule has 4 nitrogen and oxygen atoms in total. The highest BCUT2D eigenvalue weighted by Gasteiger charge is 2.20. The van der Waals surface area contributed by atoms with Crippen molar-refractivity contribution >= 4 is 17.8 Å². The van der Waals surface area contributed by atoms with Crippen LogP contribution in [0.15, 0.2) is 60.7 Å². The van der Waals surface area contributed by atoms with Crippen LogP contribution in [0.25, 0.3) is 6.08 Å². The van der Waals surface area contributed by atoms with Gasteiger partial charge in [0.15, 0.2) is 5.78 Å². The Morgan fingerprint density at radius 2 is 1.57 bits per heavy atom. The van der Waals surface area contributed by atoms with Gasteiger partial charge in [-0.2, -0.15) is 0 Å². The van der Waals surface area contributed by atoms with Gasteiger partial charge >= 0.3 is 5.97 Å². The summed E-state index contributed by atoms with van der Waals surface area (Å²) in [5.41, 5.74) is 1.24. The van der Waals surface area contributed by atoms with Gasteiger partial charge in [-0.3, -0.25) is 4.79 Å². The second kappa shape index (κ2) is 6.63. The van der Waals surface area contributed by atoms with Crippen LogP contribution in [0.3, 0.4) is 0 Å². The Kier molecular flexibility index (Phi) is 4.64. The van der Waals surface area contributed by atoms with E-state index in [1.807, 2.05) is 0 Å². The van der Waals surface area contributed by atoms with Crippen molar-refractivity contribution in [3.8, 4) is 0 Å². The minimum Gasteiger partial charge on any atom is -0.478 e. The molecule has 21 heavy (non-hydrogen) atoms. The number of carbonyl (C=O) groups is 2. The van der Waals surface area contributed by atoms with Crippen molar-refractivity contribution in [1.29, 1.82) is 0 Å². The van der Waals surface area contributed by atoms with Crippen LogP contribution in [0.1, 0.15) is 27.6 Å². The number of ketones is 1. The molecule has 0 radical (unpaired) electrons. The number of carboxylic acid groups (broad SMARTS) is 1. The molecule has 0 spiro atoms. The molecule has 0 saturated heterocycles. The SMILES string of the molecule is O=C(O)C=Cc1ccccc1C(=O)C(O)c1ccccc1. The number of carbonyl (C=O) groups excluding carboxylic acids is 1. The Balaban J connectivity index is 2.33. The summed E-state index contributed by atoms with van der Waals surface area (Å²) in [4.78, 5) is 23.0. The van der Waals surface area contributed by atoms with Crippen LogP contribution in [-0.4, -0.2) is 22.0 Å². The summed E-state index contributed by atoms with van der Waals surface area (Å²) >= 11 is 0. The van der Waals surface area contributed by atoms with Crippen LogP contribution in [0.2, 0.25) is 0 Å². The second-order valence-electron chi connectivity index (χ2n) is 4.44. The van der Waals surface area contributed by atoms with E-state index in [9.17, 15) is 14.7 Å². The standard InChI is InChI=1S/C17H14O4/c18-15(19)11-10-12-6-4-5-9-14(12)17(21)16(20)13-7-2-1-3-8-13/h1-11,16,20H,(H,18,19). The lowest BCUT2D eigenvalue weighted by Crippen LogP contribution is -2.13. The maximum absolute atomic E-state index is 12.4. The maximum atomic E-state index is 12.4. The maximum Gasteiger partial charge on any atom is 0.328 e. The summed E-state index contributed by atoms with van der Waals surface area (Å²) < 4.78 is 0. The molecule has 0 aliphatic rings. The first kappa shape index (κ1) is 14.7. The third-order valence-electron chi connectivity index (χ3n) is 3.00. The Bertz CT molecular complexity index is 674. The summed E-state index contributed by atoms with van der Waals surface area (Å²) in [6.45, 7) is 0. The van der Waals surface area contributed by atoms with Crippen molar-refractivity contribution in [2.45, 2.75) is 6.10 Å². The molecule has 2 aromatic rings. The largest absolute Gasteiger partial charge is 0.478 e. The van der Waals surface area contributed by atoms with Gasteiger partial charge in [-0.15, -0.1) is 0 Å². The lowest BCUT2D eigenvalue weighted by Gasteiger charge is -2.11. The van der Waals surface area contributed by atoms with Crippen LogP contribution >= 0.6 is 0 Å². The molecule has 0 saturated carbocycles. The molecule has 0 fully saturated rings. The number of aliphatic carboxylic acids is 1. The zero-order chi connectivity index (χ0) is 15.2. The number of rotatable bonds is 5. The molecule has 1 unspecified atom stereocenters. The lowest BCUT2D eigenvalue weighted by atomic mass is 9.96. The van der Waals surface area contributed by atoms with Gasteiger partial charge in [0.1, 0.15) is 6.10 Å². The number of aliphatic hydroxyl groups excluding tert-OH is 1. The molecule has 1 atom stereocenters. The van der Waals surface area contributed by atoms with Crippen molar-refractivity contribution in [3.63, 3.8) is 0 Å². The Hall–Kier alpha value is -2.72. The van der Waals surface area contributed by atoms with E-state index in [1.165, 1.54) is 6.08 Å². The number of hydrogen-bond donors (Lipinski definition) is 2. The molecule has 0 aromatic heterocycles. The van der Waals surface area contributed by atoms with Crippen LogP contribution < -0.4 is 0 Å². The number of benzene rings is 2. The summed E-state index contributed by atoms with van der Waals surface area (Å²) in [7, 11) is 0. The Morgan fingerprint density at radius 3 is 2.24 bits per heavy atom. The number of hydrogen-bond acceptors (Lipinski definition) is 3. The molecule has 0 heterocycles. The van der Waals surface area contributed by atoms with E-state index in [0.29, 0.717) is 11.1 Å². The molecule has 4 heteroatoms. The molecule has 0 aliphatic carbocycles. The molecule has 0 amide bonds. The van der Waals surface area contributed by atoms with E-state index in [1.54, 1.807) is 54.6 Å². The highest BCUT2D eigenvalue weighted by atomic mass is 16.4. The number of carboxylic acids is 1. The van der Waals surface area contributed by atoms with E-state index in [0.717, 1.165) is 6.08 Å².